The van der Waals surface area contributed by atoms with E-state index in [9.17, 15) is 4.39 Å². The largest absolute Gasteiger partial charge is 0.493 e. The molecule has 0 heterocycles. The molecular weight excluding hydrogens is 377 g/mol. The maximum absolute atomic E-state index is 13.8. The Morgan fingerprint density at radius 1 is 1.07 bits per heavy atom. The molecule has 2 aromatic rings. The maximum atomic E-state index is 13.8. The van der Waals surface area contributed by atoms with Crippen LogP contribution in [0.1, 0.15) is 56.1 Å². The van der Waals surface area contributed by atoms with E-state index in [0.29, 0.717) is 28.1 Å². The zero-order valence-corrected chi connectivity index (χ0v) is 17.3. The minimum atomic E-state index is -0.289. The highest BCUT2D eigenvalue weighted by molar-refractivity contribution is 6.32. The molecule has 1 aliphatic rings. The molecule has 2 N–H and O–H groups in total. The molecule has 2 aromatic carbocycles. The number of benzene rings is 2. The standard InChI is InChI=1S/C23H29ClFNO2/c1-27-22-14-17(15-26-19-10-5-3-2-4-6-11-19)13-20(24)23(22)28-16-18-9-7-8-12-21(18)25/h7-9,12-14,19,26H,2-6,10-11,15-16H2,1H3/p+1. The first-order valence-corrected chi connectivity index (χ1v) is 10.6. The van der Waals surface area contributed by atoms with Crippen molar-refractivity contribution in [1.29, 1.82) is 0 Å². The van der Waals surface area contributed by atoms with Crippen LogP contribution in [0.3, 0.4) is 0 Å². The number of rotatable bonds is 7. The zero-order chi connectivity index (χ0) is 19.8. The second-order valence-electron chi connectivity index (χ2n) is 7.53. The van der Waals surface area contributed by atoms with E-state index in [0.717, 1.165) is 12.1 Å². The first-order valence-electron chi connectivity index (χ1n) is 10.2. The molecule has 1 aliphatic carbocycles. The van der Waals surface area contributed by atoms with Crippen molar-refractivity contribution in [2.45, 2.75) is 64.1 Å². The van der Waals surface area contributed by atoms with Crippen molar-refractivity contribution in [2.75, 3.05) is 7.11 Å². The fraction of sp³-hybridized carbons (Fsp3) is 0.478. The summed E-state index contributed by atoms with van der Waals surface area (Å²) in [5.74, 6) is 0.759. The summed E-state index contributed by atoms with van der Waals surface area (Å²) in [5, 5.41) is 2.92. The summed E-state index contributed by atoms with van der Waals surface area (Å²) in [7, 11) is 1.60. The number of nitrogens with two attached hydrogens (primary N) is 1. The summed E-state index contributed by atoms with van der Waals surface area (Å²) in [4.78, 5) is 0. The minimum absolute atomic E-state index is 0.107. The van der Waals surface area contributed by atoms with E-state index in [1.807, 2.05) is 12.1 Å². The first-order chi connectivity index (χ1) is 13.7. The van der Waals surface area contributed by atoms with E-state index >= 15 is 0 Å². The van der Waals surface area contributed by atoms with Gasteiger partial charge in [0.1, 0.15) is 19.0 Å². The van der Waals surface area contributed by atoms with Crippen molar-refractivity contribution in [3.8, 4) is 11.5 Å². The summed E-state index contributed by atoms with van der Waals surface area (Å²) in [5.41, 5.74) is 1.60. The van der Waals surface area contributed by atoms with E-state index in [1.54, 1.807) is 25.3 Å². The summed E-state index contributed by atoms with van der Waals surface area (Å²) in [6.07, 6.45) is 9.33. The number of hydrogen-bond acceptors (Lipinski definition) is 2. The average Bonchev–Trinajstić information content (AvgIpc) is 2.67. The predicted molar refractivity (Wildman–Crippen MR) is 110 cm³/mol. The summed E-state index contributed by atoms with van der Waals surface area (Å²) >= 11 is 6.48. The second kappa shape index (κ2) is 10.7. The molecule has 0 amide bonds. The third kappa shape index (κ3) is 5.86. The van der Waals surface area contributed by atoms with Gasteiger partial charge in [0.15, 0.2) is 11.5 Å². The topological polar surface area (TPSA) is 35.1 Å². The third-order valence-electron chi connectivity index (χ3n) is 5.46. The number of hydrogen-bond donors (Lipinski definition) is 1. The van der Waals surface area contributed by atoms with Gasteiger partial charge < -0.3 is 14.8 Å². The normalized spacial score (nSPS) is 15.7. The summed E-state index contributed by atoms with van der Waals surface area (Å²) in [6.45, 7) is 0.977. The Balaban J connectivity index is 1.64. The van der Waals surface area contributed by atoms with E-state index in [1.165, 1.54) is 51.0 Å². The molecule has 0 aliphatic heterocycles. The highest BCUT2D eigenvalue weighted by atomic mass is 35.5. The van der Waals surface area contributed by atoms with Crippen molar-refractivity contribution in [3.05, 3.63) is 58.4 Å². The van der Waals surface area contributed by atoms with Crippen molar-refractivity contribution in [2.24, 2.45) is 0 Å². The second-order valence-corrected chi connectivity index (χ2v) is 7.94. The van der Waals surface area contributed by atoms with Crippen LogP contribution in [0.2, 0.25) is 5.02 Å². The molecule has 0 spiro atoms. The average molecular weight is 407 g/mol. The van der Waals surface area contributed by atoms with Crippen molar-refractivity contribution in [1.82, 2.24) is 0 Å². The number of ether oxygens (including phenoxy) is 2. The molecule has 152 valence electrons. The fourth-order valence-electron chi connectivity index (χ4n) is 3.82. The lowest BCUT2D eigenvalue weighted by Crippen LogP contribution is -2.88. The van der Waals surface area contributed by atoms with E-state index in [-0.39, 0.29) is 12.4 Å². The molecule has 1 fully saturated rings. The van der Waals surface area contributed by atoms with Crippen molar-refractivity contribution < 1.29 is 19.2 Å². The Morgan fingerprint density at radius 3 is 2.50 bits per heavy atom. The zero-order valence-electron chi connectivity index (χ0n) is 16.6. The summed E-state index contributed by atoms with van der Waals surface area (Å²) < 4.78 is 25.1. The molecule has 1 saturated carbocycles. The van der Waals surface area contributed by atoms with Gasteiger partial charge in [0, 0.05) is 11.1 Å². The molecular formula is C23H30ClFNO2+. The van der Waals surface area contributed by atoms with Crippen LogP contribution in [0.4, 0.5) is 4.39 Å². The van der Waals surface area contributed by atoms with Crippen molar-refractivity contribution >= 4 is 11.6 Å². The van der Waals surface area contributed by atoms with Gasteiger partial charge in [-0.05, 0) is 43.9 Å². The number of quaternary nitrogens is 1. The quantitative estimate of drug-likeness (QED) is 0.682. The Kier molecular flexibility index (Phi) is 7.99. The molecule has 0 aromatic heterocycles. The Hall–Kier alpha value is -1.78. The van der Waals surface area contributed by atoms with Crippen molar-refractivity contribution in [3.63, 3.8) is 0 Å². The smallest absolute Gasteiger partial charge is 0.180 e. The SMILES string of the molecule is COc1cc(C[NH2+]C2CCCCCCC2)cc(Cl)c1OCc1ccccc1F. The number of methoxy groups -OCH3 is 1. The minimum Gasteiger partial charge on any atom is -0.493 e. The van der Waals surface area contributed by atoms with Crippen LogP contribution in [0.25, 0.3) is 0 Å². The highest BCUT2D eigenvalue weighted by Crippen LogP contribution is 2.37. The van der Waals surface area contributed by atoms with Gasteiger partial charge in [0.05, 0.1) is 18.2 Å². The van der Waals surface area contributed by atoms with Gasteiger partial charge in [-0.25, -0.2) is 4.39 Å². The van der Waals surface area contributed by atoms with Crippen LogP contribution in [0, 0.1) is 5.82 Å². The third-order valence-corrected chi connectivity index (χ3v) is 5.74. The van der Waals surface area contributed by atoms with Gasteiger partial charge in [-0.15, -0.1) is 0 Å². The molecule has 3 nitrogen and oxygen atoms in total. The lowest BCUT2D eigenvalue weighted by Gasteiger charge is -2.19. The fourth-order valence-corrected chi connectivity index (χ4v) is 4.11. The summed E-state index contributed by atoms with van der Waals surface area (Å²) in [6, 6.07) is 11.2. The van der Waals surface area contributed by atoms with Gasteiger partial charge in [-0.1, -0.05) is 49.1 Å². The van der Waals surface area contributed by atoms with Crippen LogP contribution in [-0.4, -0.2) is 13.2 Å². The van der Waals surface area contributed by atoms with Gasteiger partial charge in [-0.2, -0.15) is 0 Å². The Bertz CT molecular complexity index is 760. The monoisotopic (exact) mass is 406 g/mol. The number of halogens is 2. The predicted octanol–water partition coefficient (Wildman–Crippen LogP) is 5.24. The maximum Gasteiger partial charge on any atom is 0.180 e. The molecule has 0 unspecified atom stereocenters. The molecule has 0 radical (unpaired) electrons. The molecule has 28 heavy (non-hydrogen) atoms. The van der Waals surface area contributed by atoms with Gasteiger partial charge in [-0.3, -0.25) is 0 Å². The first kappa shape index (κ1) is 20.9. The van der Waals surface area contributed by atoms with Gasteiger partial charge in [0.2, 0.25) is 0 Å². The van der Waals surface area contributed by atoms with Crippen LogP contribution >= 0.6 is 11.6 Å². The van der Waals surface area contributed by atoms with Crippen LogP contribution in [-0.2, 0) is 13.2 Å². The van der Waals surface area contributed by atoms with Crippen LogP contribution < -0.4 is 14.8 Å². The Morgan fingerprint density at radius 2 is 1.79 bits per heavy atom. The van der Waals surface area contributed by atoms with E-state index in [4.69, 9.17) is 21.1 Å². The van der Waals surface area contributed by atoms with Gasteiger partial charge >= 0.3 is 0 Å². The van der Waals surface area contributed by atoms with Crippen LogP contribution in [0.15, 0.2) is 36.4 Å². The highest BCUT2D eigenvalue weighted by Gasteiger charge is 2.17. The van der Waals surface area contributed by atoms with E-state index in [2.05, 4.69) is 5.32 Å². The molecule has 5 heteroatoms. The lowest BCUT2D eigenvalue weighted by atomic mass is 9.96. The molecule has 0 bridgehead atoms. The molecule has 0 atom stereocenters. The molecule has 3 rings (SSSR count). The van der Waals surface area contributed by atoms with Crippen LogP contribution in [0.5, 0.6) is 11.5 Å². The Labute approximate surface area is 172 Å². The van der Waals surface area contributed by atoms with Gasteiger partial charge in [0.25, 0.3) is 0 Å². The van der Waals surface area contributed by atoms with E-state index < -0.39 is 0 Å². The lowest BCUT2D eigenvalue weighted by molar-refractivity contribution is -0.706. The molecule has 0 saturated heterocycles.